The van der Waals surface area contributed by atoms with Crippen LogP contribution in [0.5, 0.6) is 0 Å². The summed E-state index contributed by atoms with van der Waals surface area (Å²) < 4.78 is 8.05. The van der Waals surface area contributed by atoms with Gasteiger partial charge in [0.05, 0.1) is 12.4 Å². The summed E-state index contributed by atoms with van der Waals surface area (Å²) in [4.78, 5) is 29.7. The number of hydrogen-bond acceptors (Lipinski definition) is 11. The van der Waals surface area contributed by atoms with E-state index < -0.39 is 11.5 Å². The monoisotopic (exact) mass is 447 g/mol. The van der Waals surface area contributed by atoms with Gasteiger partial charge >= 0.3 is 5.69 Å². The molecule has 1 aliphatic rings. The molecule has 4 rings (SSSR count). The molecule has 3 aromatic rings. The predicted molar refractivity (Wildman–Crippen MR) is 117 cm³/mol. The minimum absolute atomic E-state index is 0.103. The number of aliphatic hydroxyl groups is 2. The fourth-order valence-corrected chi connectivity index (χ4v) is 3.25. The number of fused-ring (bicyclic) bond motifs is 1. The molecule has 174 valence electrons. The standard InChI is InChI=1S/C16H21N9O2.C3H8O2/c17-13-9(6-20-16(26)24-13)5-19-4-3-10-1-2-11(27-10)25-8-23-12-14(18)21-7-22-15(12)25;1-3(2,4)5/h6-8,10-11,19H,1-5H2,(H2,18,21,22)(H3,17,20,24,26);4-5H,1-2H3/t10-,11+;/m0./s1. The third-order valence-electron chi connectivity index (χ3n) is 4.67. The van der Waals surface area contributed by atoms with Crippen LogP contribution in [0.4, 0.5) is 11.6 Å². The highest BCUT2D eigenvalue weighted by Gasteiger charge is 2.27. The average molecular weight is 448 g/mol. The van der Waals surface area contributed by atoms with Gasteiger partial charge in [-0.25, -0.2) is 24.7 Å². The van der Waals surface area contributed by atoms with E-state index in [-0.39, 0.29) is 12.3 Å². The molecule has 8 N–H and O–H groups in total. The Labute approximate surface area is 183 Å². The lowest BCUT2D eigenvalue weighted by Gasteiger charge is -2.15. The Bertz CT molecular complexity index is 1090. The van der Waals surface area contributed by atoms with Crippen LogP contribution in [0.25, 0.3) is 11.2 Å². The summed E-state index contributed by atoms with van der Waals surface area (Å²) in [5, 5.41) is 19.5. The first-order chi connectivity index (χ1) is 15.1. The van der Waals surface area contributed by atoms with Gasteiger partial charge in [0, 0.05) is 18.3 Å². The van der Waals surface area contributed by atoms with Gasteiger partial charge in [0.15, 0.2) is 17.3 Å². The van der Waals surface area contributed by atoms with E-state index in [4.69, 9.17) is 26.4 Å². The highest BCUT2D eigenvalue weighted by molar-refractivity contribution is 5.81. The van der Waals surface area contributed by atoms with E-state index in [9.17, 15) is 4.79 Å². The van der Waals surface area contributed by atoms with Crippen molar-refractivity contribution in [2.24, 2.45) is 0 Å². The molecule has 0 bridgehead atoms. The van der Waals surface area contributed by atoms with Crippen LogP contribution >= 0.6 is 0 Å². The summed E-state index contributed by atoms with van der Waals surface area (Å²) in [6.07, 6.45) is 7.36. The Morgan fingerprint density at radius 3 is 2.72 bits per heavy atom. The molecule has 3 aromatic heterocycles. The third-order valence-corrected chi connectivity index (χ3v) is 4.67. The molecule has 1 fully saturated rings. The maximum atomic E-state index is 11.1. The second kappa shape index (κ2) is 9.99. The lowest BCUT2D eigenvalue weighted by molar-refractivity contribution is -0.127. The molecule has 0 unspecified atom stereocenters. The second-order valence-electron chi connectivity index (χ2n) is 7.96. The Hall–Kier alpha value is -3.13. The maximum absolute atomic E-state index is 11.1. The van der Waals surface area contributed by atoms with Crippen molar-refractivity contribution in [1.29, 1.82) is 0 Å². The Morgan fingerprint density at radius 2 is 2.00 bits per heavy atom. The van der Waals surface area contributed by atoms with Crippen molar-refractivity contribution in [2.75, 3.05) is 18.0 Å². The zero-order valence-electron chi connectivity index (χ0n) is 18.0. The first-order valence-corrected chi connectivity index (χ1v) is 10.2. The molecule has 0 aromatic carbocycles. The maximum Gasteiger partial charge on any atom is 0.346 e. The van der Waals surface area contributed by atoms with Crippen LogP contribution in [0, 0.1) is 0 Å². The van der Waals surface area contributed by atoms with E-state index >= 15 is 0 Å². The molecule has 0 radical (unpaired) electrons. The number of anilines is 2. The molecule has 0 aliphatic carbocycles. The van der Waals surface area contributed by atoms with Gasteiger partial charge < -0.3 is 31.7 Å². The molecule has 0 amide bonds. The van der Waals surface area contributed by atoms with E-state index in [0.29, 0.717) is 29.3 Å². The van der Waals surface area contributed by atoms with E-state index in [1.165, 1.54) is 26.4 Å². The summed E-state index contributed by atoms with van der Waals surface area (Å²) in [6.45, 7) is 3.89. The van der Waals surface area contributed by atoms with Crippen molar-refractivity contribution in [3.63, 3.8) is 0 Å². The van der Waals surface area contributed by atoms with E-state index in [0.717, 1.165) is 31.4 Å². The molecular weight excluding hydrogens is 418 g/mol. The lowest BCUT2D eigenvalue weighted by atomic mass is 10.2. The Kier molecular flexibility index (Phi) is 7.35. The minimum Gasteiger partial charge on any atom is -0.385 e. The van der Waals surface area contributed by atoms with Gasteiger partial charge in [-0.1, -0.05) is 0 Å². The normalized spacial score (nSPS) is 18.5. The van der Waals surface area contributed by atoms with Crippen molar-refractivity contribution in [3.8, 4) is 0 Å². The summed E-state index contributed by atoms with van der Waals surface area (Å²) >= 11 is 0. The first kappa shape index (κ1) is 23.5. The van der Waals surface area contributed by atoms with Gasteiger partial charge in [0.25, 0.3) is 0 Å². The number of nitrogens with zero attached hydrogens (tertiary/aromatic N) is 5. The van der Waals surface area contributed by atoms with Crippen molar-refractivity contribution >= 4 is 22.8 Å². The average Bonchev–Trinajstić information content (AvgIpc) is 3.33. The topological polar surface area (TPSA) is 203 Å². The van der Waals surface area contributed by atoms with Crippen LogP contribution in [-0.2, 0) is 11.3 Å². The largest absolute Gasteiger partial charge is 0.385 e. The van der Waals surface area contributed by atoms with Crippen LogP contribution in [0.15, 0.2) is 23.6 Å². The summed E-state index contributed by atoms with van der Waals surface area (Å²) in [6, 6.07) is 0. The summed E-state index contributed by atoms with van der Waals surface area (Å²) in [5.41, 5.74) is 13.2. The fourth-order valence-electron chi connectivity index (χ4n) is 3.25. The highest BCUT2D eigenvalue weighted by atomic mass is 16.5. The fraction of sp³-hybridized carbons (Fsp3) is 0.526. The number of aromatic amines is 1. The number of nitrogens with two attached hydrogens (primary N) is 2. The minimum atomic E-state index is -1.50. The molecule has 32 heavy (non-hydrogen) atoms. The highest BCUT2D eigenvalue weighted by Crippen LogP contribution is 2.32. The summed E-state index contributed by atoms with van der Waals surface area (Å²) in [5.74, 6) is -0.790. The number of hydrogen-bond donors (Lipinski definition) is 6. The van der Waals surface area contributed by atoms with Gasteiger partial charge in [-0.15, -0.1) is 0 Å². The van der Waals surface area contributed by atoms with Crippen LogP contribution in [0.2, 0.25) is 0 Å². The Morgan fingerprint density at radius 1 is 1.25 bits per heavy atom. The number of H-pyrrole nitrogens is 1. The van der Waals surface area contributed by atoms with Crippen molar-refractivity contribution in [1.82, 2.24) is 34.8 Å². The molecule has 0 spiro atoms. The number of ether oxygens (including phenoxy) is 1. The van der Waals surface area contributed by atoms with Gasteiger partial charge in [0.1, 0.15) is 23.9 Å². The van der Waals surface area contributed by atoms with E-state index in [1.807, 2.05) is 4.57 Å². The van der Waals surface area contributed by atoms with Crippen molar-refractivity contribution in [3.05, 3.63) is 34.9 Å². The van der Waals surface area contributed by atoms with Gasteiger partial charge in [-0.05, 0) is 39.7 Å². The van der Waals surface area contributed by atoms with E-state index in [2.05, 4.69) is 30.2 Å². The molecular formula is C19H29N9O4. The molecule has 13 heteroatoms. The van der Waals surface area contributed by atoms with Crippen molar-refractivity contribution in [2.45, 2.75) is 57.8 Å². The predicted octanol–water partition coefficient (Wildman–Crippen LogP) is -0.361. The van der Waals surface area contributed by atoms with Crippen LogP contribution in [0.3, 0.4) is 0 Å². The smallest absolute Gasteiger partial charge is 0.346 e. The van der Waals surface area contributed by atoms with Gasteiger partial charge in [-0.2, -0.15) is 0 Å². The quantitative estimate of drug-likeness (QED) is 0.213. The number of aromatic nitrogens is 6. The molecule has 1 saturated heterocycles. The number of nitrogen functional groups attached to an aromatic ring is 2. The molecule has 4 heterocycles. The van der Waals surface area contributed by atoms with Crippen LogP contribution < -0.4 is 22.5 Å². The second-order valence-corrected chi connectivity index (χ2v) is 7.96. The zero-order chi connectivity index (χ0) is 23.3. The number of rotatable bonds is 6. The van der Waals surface area contributed by atoms with Crippen molar-refractivity contribution < 1.29 is 14.9 Å². The molecule has 0 saturated carbocycles. The van der Waals surface area contributed by atoms with Gasteiger partial charge in [-0.3, -0.25) is 9.55 Å². The molecule has 2 atom stereocenters. The molecule has 13 nitrogen and oxygen atoms in total. The number of nitrogens with one attached hydrogen (secondary N) is 2. The first-order valence-electron chi connectivity index (χ1n) is 10.2. The van der Waals surface area contributed by atoms with Crippen LogP contribution in [0.1, 0.15) is 44.9 Å². The SMILES string of the molecule is CC(C)(O)O.Nc1[nH]c(=O)ncc1CNCC[C@@H]1CC[C@H](n2cnc3c(N)ncnc32)O1. The van der Waals surface area contributed by atoms with E-state index in [1.54, 1.807) is 6.33 Å². The zero-order valence-corrected chi connectivity index (χ0v) is 18.0. The Balaban J connectivity index is 0.000000523. The third kappa shape index (κ3) is 6.43. The van der Waals surface area contributed by atoms with Crippen LogP contribution in [-0.4, -0.2) is 58.1 Å². The number of imidazole rings is 1. The van der Waals surface area contributed by atoms with Gasteiger partial charge in [0.2, 0.25) is 0 Å². The summed E-state index contributed by atoms with van der Waals surface area (Å²) in [7, 11) is 0. The molecule has 1 aliphatic heterocycles. The lowest BCUT2D eigenvalue weighted by Crippen LogP contribution is -2.22.